The fraction of sp³-hybridized carbons (Fsp3) is 0.385. The van der Waals surface area contributed by atoms with Crippen LogP contribution in [0.1, 0.15) is 18.4 Å². The number of nitrogens with one attached hydrogen (secondary N) is 1. The fourth-order valence-electron chi connectivity index (χ4n) is 2.65. The molecule has 2 saturated heterocycles. The summed E-state index contributed by atoms with van der Waals surface area (Å²) in [5, 5.41) is 2.88. The van der Waals surface area contributed by atoms with Gasteiger partial charge in [-0.25, -0.2) is 0 Å². The normalized spacial score (nSPS) is 27.2. The Balaban J connectivity index is 1.82. The molecule has 2 heterocycles. The van der Waals surface area contributed by atoms with E-state index in [1.165, 1.54) is 0 Å². The number of fused-ring (bicyclic) bond motifs is 1. The smallest absolute Gasteiger partial charge is 0.244 e. The molecule has 88 valence electrons. The third kappa shape index (κ3) is 1.69. The molecule has 0 unspecified atom stereocenters. The maximum atomic E-state index is 11.8. The highest BCUT2D eigenvalue weighted by Crippen LogP contribution is 2.26. The van der Waals surface area contributed by atoms with Gasteiger partial charge in [-0.1, -0.05) is 30.3 Å². The van der Waals surface area contributed by atoms with E-state index in [0.717, 1.165) is 12.0 Å². The Bertz CT molecular complexity index is 458. The van der Waals surface area contributed by atoms with E-state index in [2.05, 4.69) is 5.32 Å². The molecule has 0 bridgehead atoms. The monoisotopic (exact) mass is 230 g/mol. The zero-order valence-electron chi connectivity index (χ0n) is 9.43. The van der Waals surface area contributed by atoms with E-state index in [-0.39, 0.29) is 24.0 Å². The van der Waals surface area contributed by atoms with Crippen LogP contribution in [0.25, 0.3) is 0 Å². The zero-order chi connectivity index (χ0) is 11.8. The van der Waals surface area contributed by atoms with Crippen molar-refractivity contribution in [2.75, 3.05) is 0 Å². The van der Waals surface area contributed by atoms with Gasteiger partial charge < -0.3 is 10.2 Å². The third-order valence-electron chi connectivity index (χ3n) is 3.47. The summed E-state index contributed by atoms with van der Waals surface area (Å²) >= 11 is 0. The SMILES string of the molecule is O=C1N[C@@H]2CCC(=O)N2[C@@H]1Cc1ccccc1. The number of nitrogens with zero attached hydrogens (tertiary/aromatic N) is 1. The Kier molecular flexibility index (Phi) is 2.35. The first-order valence-corrected chi connectivity index (χ1v) is 5.91. The van der Waals surface area contributed by atoms with E-state index < -0.39 is 0 Å². The van der Waals surface area contributed by atoms with Gasteiger partial charge in [0.2, 0.25) is 11.8 Å². The van der Waals surface area contributed by atoms with Crippen molar-refractivity contribution in [1.82, 2.24) is 10.2 Å². The molecule has 2 atom stereocenters. The number of rotatable bonds is 2. The van der Waals surface area contributed by atoms with Gasteiger partial charge in [-0.05, 0) is 12.0 Å². The molecule has 1 aromatic carbocycles. The number of carbonyl (C=O) groups is 2. The topological polar surface area (TPSA) is 49.4 Å². The summed E-state index contributed by atoms with van der Waals surface area (Å²) in [6, 6.07) is 9.50. The van der Waals surface area contributed by atoms with Crippen molar-refractivity contribution in [2.24, 2.45) is 0 Å². The molecule has 0 aliphatic carbocycles. The van der Waals surface area contributed by atoms with E-state index in [0.29, 0.717) is 12.8 Å². The molecule has 2 aliphatic heterocycles. The van der Waals surface area contributed by atoms with Crippen LogP contribution in [0.15, 0.2) is 30.3 Å². The van der Waals surface area contributed by atoms with Gasteiger partial charge in [0.25, 0.3) is 0 Å². The predicted octanol–water partition coefficient (Wildman–Crippen LogP) is 0.676. The highest BCUT2D eigenvalue weighted by Gasteiger charge is 2.45. The molecular weight excluding hydrogens is 216 g/mol. The van der Waals surface area contributed by atoms with Gasteiger partial charge >= 0.3 is 0 Å². The van der Waals surface area contributed by atoms with Gasteiger partial charge in [0, 0.05) is 12.8 Å². The maximum Gasteiger partial charge on any atom is 0.244 e. The Morgan fingerprint density at radius 1 is 1.24 bits per heavy atom. The highest BCUT2D eigenvalue weighted by molar-refractivity contribution is 5.93. The van der Waals surface area contributed by atoms with E-state index in [1.807, 2.05) is 30.3 Å². The summed E-state index contributed by atoms with van der Waals surface area (Å²) in [5.41, 5.74) is 1.09. The fourth-order valence-corrected chi connectivity index (χ4v) is 2.65. The molecule has 2 aliphatic rings. The van der Waals surface area contributed by atoms with Crippen LogP contribution in [-0.2, 0) is 16.0 Å². The van der Waals surface area contributed by atoms with Crippen molar-refractivity contribution in [2.45, 2.75) is 31.5 Å². The number of benzene rings is 1. The molecule has 0 radical (unpaired) electrons. The van der Waals surface area contributed by atoms with Crippen molar-refractivity contribution in [3.63, 3.8) is 0 Å². The Morgan fingerprint density at radius 3 is 2.76 bits per heavy atom. The quantitative estimate of drug-likeness (QED) is 0.812. The van der Waals surface area contributed by atoms with Gasteiger partial charge in [0.05, 0.1) is 0 Å². The summed E-state index contributed by atoms with van der Waals surface area (Å²) in [4.78, 5) is 25.3. The Hall–Kier alpha value is -1.84. The van der Waals surface area contributed by atoms with Crippen molar-refractivity contribution in [3.8, 4) is 0 Å². The summed E-state index contributed by atoms with van der Waals surface area (Å²) in [5.74, 6) is 0.0705. The molecule has 0 saturated carbocycles. The van der Waals surface area contributed by atoms with Gasteiger partial charge in [-0.3, -0.25) is 9.59 Å². The van der Waals surface area contributed by atoms with Crippen molar-refractivity contribution < 1.29 is 9.59 Å². The van der Waals surface area contributed by atoms with Gasteiger partial charge in [-0.2, -0.15) is 0 Å². The van der Waals surface area contributed by atoms with Crippen molar-refractivity contribution >= 4 is 11.8 Å². The number of carbonyl (C=O) groups excluding carboxylic acids is 2. The van der Waals surface area contributed by atoms with Crippen LogP contribution in [0.2, 0.25) is 0 Å². The van der Waals surface area contributed by atoms with E-state index in [9.17, 15) is 9.59 Å². The lowest BCUT2D eigenvalue weighted by atomic mass is 10.1. The van der Waals surface area contributed by atoms with Crippen LogP contribution >= 0.6 is 0 Å². The molecular formula is C13H14N2O2. The van der Waals surface area contributed by atoms with Crippen molar-refractivity contribution in [3.05, 3.63) is 35.9 Å². The second-order valence-corrected chi connectivity index (χ2v) is 4.57. The average molecular weight is 230 g/mol. The van der Waals surface area contributed by atoms with Crippen molar-refractivity contribution in [1.29, 1.82) is 0 Å². The third-order valence-corrected chi connectivity index (χ3v) is 3.47. The molecule has 2 amide bonds. The first-order chi connectivity index (χ1) is 8.25. The largest absolute Gasteiger partial charge is 0.334 e. The molecule has 17 heavy (non-hydrogen) atoms. The van der Waals surface area contributed by atoms with Gasteiger partial charge in [0.15, 0.2) is 0 Å². The Morgan fingerprint density at radius 2 is 2.00 bits per heavy atom. The van der Waals surface area contributed by atoms with E-state index in [1.54, 1.807) is 4.90 Å². The lowest BCUT2D eigenvalue weighted by Crippen LogP contribution is -2.38. The summed E-state index contributed by atoms with van der Waals surface area (Å²) in [6.07, 6.45) is 1.84. The number of hydrogen-bond donors (Lipinski definition) is 1. The summed E-state index contributed by atoms with van der Waals surface area (Å²) in [6.45, 7) is 0. The first-order valence-electron chi connectivity index (χ1n) is 5.91. The number of amides is 2. The van der Waals surface area contributed by atoms with E-state index in [4.69, 9.17) is 0 Å². The Labute approximate surface area is 99.6 Å². The maximum absolute atomic E-state index is 11.8. The summed E-state index contributed by atoms with van der Waals surface area (Å²) < 4.78 is 0. The van der Waals surface area contributed by atoms with E-state index >= 15 is 0 Å². The second-order valence-electron chi connectivity index (χ2n) is 4.57. The first kappa shape index (κ1) is 10.3. The molecule has 3 rings (SSSR count). The van der Waals surface area contributed by atoms with Gasteiger partial charge in [0.1, 0.15) is 12.2 Å². The molecule has 1 N–H and O–H groups in total. The average Bonchev–Trinajstić information content (AvgIpc) is 2.83. The van der Waals surface area contributed by atoms with Crippen LogP contribution in [0.3, 0.4) is 0 Å². The molecule has 0 spiro atoms. The highest BCUT2D eigenvalue weighted by atomic mass is 16.2. The lowest BCUT2D eigenvalue weighted by molar-refractivity contribution is -0.133. The van der Waals surface area contributed by atoms with Crippen LogP contribution in [-0.4, -0.2) is 28.9 Å². The minimum absolute atomic E-state index is 0.0214. The molecule has 2 fully saturated rings. The minimum Gasteiger partial charge on any atom is -0.334 e. The van der Waals surface area contributed by atoms with Crippen LogP contribution in [0.4, 0.5) is 0 Å². The molecule has 1 aromatic rings. The predicted molar refractivity (Wildman–Crippen MR) is 61.9 cm³/mol. The second kappa shape index (κ2) is 3.87. The molecule has 4 nitrogen and oxygen atoms in total. The summed E-state index contributed by atoms with van der Waals surface area (Å²) in [7, 11) is 0. The van der Waals surface area contributed by atoms with Crippen LogP contribution < -0.4 is 5.32 Å². The zero-order valence-corrected chi connectivity index (χ0v) is 9.43. The lowest BCUT2D eigenvalue weighted by Gasteiger charge is -2.20. The molecule has 0 aromatic heterocycles. The van der Waals surface area contributed by atoms with Crippen LogP contribution in [0, 0.1) is 0 Å². The number of hydrogen-bond acceptors (Lipinski definition) is 2. The van der Waals surface area contributed by atoms with Crippen LogP contribution in [0.5, 0.6) is 0 Å². The minimum atomic E-state index is -0.322. The standard InChI is InChI=1S/C13H14N2O2/c16-12-7-6-11-14-13(17)10(15(11)12)8-9-4-2-1-3-5-9/h1-5,10-11H,6-8H2,(H,14,17)/t10-,11+/m1/s1. The van der Waals surface area contributed by atoms with Gasteiger partial charge in [-0.15, -0.1) is 0 Å². The molecule has 4 heteroatoms.